The van der Waals surface area contributed by atoms with Gasteiger partial charge < -0.3 is 0 Å². The predicted octanol–water partition coefficient (Wildman–Crippen LogP) is 4.32. The number of benzene rings is 1. The van der Waals surface area contributed by atoms with Crippen molar-refractivity contribution in [3.05, 3.63) is 42.0 Å². The molecule has 0 saturated heterocycles. The quantitative estimate of drug-likeness (QED) is 0.704. The minimum Gasteiger partial charge on any atom is -0.222 e. The molecule has 0 aliphatic heterocycles. The summed E-state index contributed by atoms with van der Waals surface area (Å²) in [5.41, 5.74) is -6.12. The van der Waals surface area contributed by atoms with E-state index in [1.807, 2.05) is 0 Å². The molecule has 0 N–H and O–H groups in total. The van der Waals surface area contributed by atoms with Crippen LogP contribution in [0.1, 0.15) is 11.1 Å². The van der Waals surface area contributed by atoms with Crippen LogP contribution in [-0.4, -0.2) is 12.6 Å². The van der Waals surface area contributed by atoms with Gasteiger partial charge in [-0.2, -0.15) is 13.2 Å². The Bertz CT molecular complexity index is 409. The highest BCUT2D eigenvalue weighted by Crippen LogP contribution is 2.48. The topological polar surface area (TPSA) is 0 Å². The van der Waals surface area contributed by atoms with Crippen LogP contribution < -0.4 is 0 Å². The summed E-state index contributed by atoms with van der Waals surface area (Å²) < 4.78 is 76.0. The molecule has 0 amide bonds. The Morgan fingerprint density at radius 2 is 1.59 bits per heavy atom. The van der Waals surface area contributed by atoms with E-state index in [2.05, 4.69) is 6.58 Å². The Morgan fingerprint density at radius 1 is 1.06 bits per heavy atom. The molecule has 0 aliphatic carbocycles. The summed E-state index contributed by atoms with van der Waals surface area (Å²) in [4.78, 5) is 0. The molecule has 1 unspecified atom stereocenters. The van der Waals surface area contributed by atoms with E-state index >= 15 is 0 Å². The van der Waals surface area contributed by atoms with E-state index in [4.69, 9.17) is 0 Å². The van der Waals surface area contributed by atoms with E-state index in [-0.39, 0.29) is 5.56 Å². The van der Waals surface area contributed by atoms with Crippen molar-refractivity contribution in [1.82, 2.24) is 0 Å². The van der Waals surface area contributed by atoms with Gasteiger partial charge in [-0.05, 0) is 5.56 Å². The third-order valence-corrected chi connectivity index (χ3v) is 2.29. The molecule has 6 heteroatoms. The van der Waals surface area contributed by atoms with Gasteiger partial charge in [0, 0.05) is 5.56 Å². The summed E-state index contributed by atoms with van der Waals surface area (Å²) in [5, 5.41) is 0. The maximum absolute atomic E-state index is 13.7. The number of alkyl halides is 6. The Morgan fingerprint density at radius 3 is 2.00 bits per heavy atom. The van der Waals surface area contributed by atoms with E-state index in [1.165, 1.54) is 6.07 Å². The van der Waals surface area contributed by atoms with Crippen LogP contribution in [0.4, 0.5) is 26.3 Å². The van der Waals surface area contributed by atoms with Crippen molar-refractivity contribution in [2.75, 3.05) is 0 Å². The summed E-state index contributed by atoms with van der Waals surface area (Å²) in [5.74, 6) is 0. The standard InChI is InChI=1S/C11H8F6/c1-2-7-5-3-4-6-8(7)10(14,9(12)13)11(15,16)17/h2-6,9H,1H2. The molecular formula is C11H8F6. The second kappa shape index (κ2) is 4.43. The number of hydrogen-bond acceptors (Lipinski definition) is 0. The van der Waals surface area contributed by atoms with Crippen molar-refractivity contribution in [2.24, 2.45) is 0 Å². The second-order valence-electron chi connectivity index (χ2n) is 3.30. The summed E-state index contributed by atoms with van der Waals surface area (Å²) >= 11 is 0. The average molecular weight is 254 g/mol. The third-order valence-electron chi connectivity index (χ3n) is 2.29. The van der Waals surface area contributed by atoms with Crippen LogP contribution in [0.25, 0.3) is 6.08 Å². The first kappa shape index (κ1) is 13.6. The molecule has 0 saturated carbocycles. The molecule has 1 atom stereocenters. The summed E-state index contributed by atoms with van der Waals surface area (Å²) in [7, 11) is 0. The van der Waals surface area contributed by atoms with Crippen molar-refractivity contribution in [2.45, 2.75) is 18.3 Å². The second-order valence-corrected chi connectivity index (χ2v) is 3.30. The Balaban J connectivity index is 3.49. The van der Waals surface area contributed by atoms with Crippen LogP contribution in [0.5, 0.6) is 0 Å². The predicted molar refractivity (Wildman–Crippen MR) is 51.4 cm³/mol. The fourth-order valence-corrected chi connectivity index (χ4v) is 1.40. The molecule has 1 aromatic rings. The van der Waals surface area contributed by atoms with Gasteiger partial charge in [0.25, 0.3) is 12.1 Å². The largest absolute Gasteiger partial charge is 0.432 e. The summed E-state index contributed by atoms with van der Waals surface area (Å²) in [6.07, 6.45) is -9.00. The lowest BCUT2D eigenvalue weighted by atomic mass is 9.91. The van der Waals surface area contributed by atoms with E-state index in [1.54, 1.807) is 0 Å². The Kier molecular flexibility index (Phi) is 3.54. The van der Waals surface area contributed by atoms with Gasteiger partial charge in [0.05, 0.1) is 0 Å². The fraction of sp³-hybridized carbons (Fsp3) is 0.273. The number of rotatable bonds is 3. The van der Waals surface area contributed by atoms with E-state index in [0.29, 0.717) is 6.07 Å². The van der Waals surface area contributed by atoms with Crippen LogP contribution in [0.15, 0.2) is 30.8 Å². The van der Waals surface area contributed by atoms with Crippen LogP contribution >= 0.6 is 0 Å². The van der Waals surface area contributed by atoms with Gasteiger partial charge in [-0.25, -0.2) is 13.2 Å². The van der Waals surface area contributed by atoms with Crippen molar-refractivity contribution in [1.29, 1.82) is 0 Å². The van der Waals surface area contributed by atoms with Crippen LogP contribution in [0.3, 0.4) is 0 Å². The van der Waals surface area contributed by atoms with Crippen LogP contribution in [0.2, 0.25) is 0 Å². The van der Waals surface area contributed by atoms with Gasteiger partial charge in [-0.1, -0.05) is 36.9 Å². The van der Waals surface area contributed by atoms with E-state index in [9.17, 15) is 26.3 Å². The maximum atomic E-state index is 13.7. The summed E-state index contributed by atoms with van der Waals surface area (Å²) in [6, 6.07) is 4.13. The number of hydrogen-bond donors (Lipinski definition) is 0. The highest BCUT2D eigenvalue weighted by atomic mass is 19.4. The third kappa shape index (κ3) is 2.16. The molecule has 0 aliphatic rings. The first-order valence-corrected chi connectivity index (χ1v) is 4.51. The van der Waals surface area contributed by atoms with Gasteiger partial charge >= 0.3 is 6.18 Å². The van der Waals surface area contributed by atoms with Gasteiger partial charge in [0.15, 0.2) is 0 Å². The molecule has 0 heterocycles. The molecular weight excluding hydrogens is 246 g/mol. The van der Waals surface area contributed by atoms with Gasteiger partial charge in [0.1, 0.15) is 0 Å². The molecule has 1 aromatic carbocycles. The molecule has 0 aromatic heterocycles. The van der Waals surface area contributed by atoms with Crippen molar-refractivity contribution < 1.29 is 26.3 Å². The summed E-state index contributed by atoms with van der Waals surface area (Å²) in [6.45, 7) is 3.17. The first-order valence-electron chi connectivity index (χ1n) is 4.51. The lowest BCUT2D eigenvalue weighted by Gasteiger charge is -2.28. The lowest BCUT2D eigenvalue weighted by molar-refractivity contribution is -0.274. The normalized spacial score (nSPS) is 15.7. The molecule has 0 bridgehead atoms. The number of halogens is 6. The van der Waals surface area contributed by atoms with Crippen molar-refractivity contribution >= 4 is 6.08 Å². The van der Waals surface area contributed by atoms with Crippen molar-refractivity contribution in [3.63, 3.8) is 0 Å². The Hall–Kier alpha value is -1.46. The van der Waals surface area contributed by atoms with E-state index < -0.39 is 23.8 Å². The smallest absolute Gasteiger partial charge is 0.222 e. The molecule has 0 spiro atoms. The molecule has 94 valence electrons. The zero-order valence-corrected chi connectivity index (χ0v) is 8.44. The molecule has 0 nitrogen and oxygen atoms in total. The first-order chi connectivity index (χ1) is 7.75. The fourth-order valence-electron chi connectivity index (χ4n) is 1.40. The monoisotopic (exact) mass is 254 g/mol. The highest BCUT2D eigenvalue weighted by Gasteiger charge is 2.64. The molecule has 0 radical (unpaired) electrons. The Labute approximate surface area is 93.6 Å². The maximum Gasteiger partial charge on any atom is 0.432 e. The molecule has 0 fully saturated rings. The van der Waals surface area contributed by atoms with Crippen LogP contribution in [-0.2, 0) is 5.67 Å². The zero-order chi connectivity index (χ0) is 13.3. The lowest BCUT2D eigenvalue weighted by Crippen LogP contribution is -2.45. The zero-order valence-electron chi connectivity index (χ0n) is 8.44. The highest BCUT2D eigenvalue weighted by molar-refractivity contribution is 5.54. The van der Waals surface area contributed by atoms with Gasteiger partial charge in [0.2, 0.25) is 0 Å². The molecule has 17 heavy (non-hydrogen) atoms. The van der Waals surface area contributed by atoms with Gasteiger partial charge in [-0.15, -0.1) is 0 Å². The molecule has 1 rings (SSSR count). The average Bonchev–Trinajstić information content (AvgIpc) is 2.26. The van der Waals surface area contributed by atoms with E-state index in [0.717, 1.165) is 18.2 Å². The van der Waals surface area contributed by atoms with Crippen LogP contribution in [0, 0.1) is 0 Å². The van der Waals surface area contributed by atoms with Crippen molar-refractivity contribution in [3.8, 4) is 0 Å². The minimum absolute atomic E-state index is 0.312. The SMILES string of the molecule is C=Cc1ccccc1C(F)(C(F)F)C(F)(F)F. The minimum atomic E-state index is -5.69. The van der Waals surface area contributed by atoms with Gasteiger partial charge in [-0.3, -0.25) is 0 Å².